The molecule has 8 heteroatoms. The molecule has 1 saturated heterocycles. The van der Waals surface area contributed by atoms with Gasteiger partial charge in [-0.1, -0.05) is 42.1 Å². The Hall–Kier alpha value is -2.13. The number of nitrogens with zero attached hydrogens (tertiary/aromatic N) is 3. The molecule has 0 saturated carbocycles. The maximum atomic E-state index is 12.9. The number of aromatic nitrogens is 2. The minimum atomic E-state index is -3.48. The van der Waals surface area contributed by atoms with Crippen LogP contribution in [0.1, 0.15) is 5.56 Å². The normalized spacial score (nSPS) is 15.6. The summed E-state index contributed by atoms with van der Waals surface area (Å²) >= 11 is 1.58. The molecule has 0 N–H and O–H groups in total. The molecule has 2 aromatic carbocycles. The molecule has 0 spiro atoms. The number of morpholine rings is 1. The molecule has 0 amide bonds. The first-order chi connectivity index (χ1) is 13.6. The van der Waals surface area contributed by atoms with Gasteiger partial charge in [-0.2, -0.15) is 4.31 Å². The van der Waals surface area contributed by atoms with Gasteiger partial charge in [-0.3, -0.25) is 4.57 Å². The topological polar surface area (TPSA) is 64.4 Å². The van der Waals surface area contributed by atoms with Gasteiger partial charge in [0.1, 0.15) is 0 Å². The average molecular weight is 416 g/mol. The van der Waals surface area contributed by atoms with Crippen LogP contribution < -0.4 is 0 Å². The van der Waals surface area contributed by atoms with Gasteiger partial charge in [0, 0.05) is 36.9 Å². The van der Waals surface area contributed by atoms with Crippen molar-refractivity contribution in [2.75, 3.05) is 26.3 Å². The lowest BCUT2D eigenvalue weighted by Gasteiger charge is -2.26. The number of hydrogen-bond acceptors (Lipinski definition) is 5. The van der Waals surface area contributed by atoms with Gasteiger partial charge < -0.3 is 4.74 Å². The Morgan fingerprint density at radius 1 is 1.04 bits per heavy atom. The summed E-state index contributed by atoms with van der Waals surface area (Å²) in [5.74, 6) is 0.635. The summed E-state index contributed by atoms with van der Waals surface area (Å²) in [6, 6.07) is 17.2. The van der Waals surface area contributed by atoms with E-state index < -0.39 is 10.0 Å². The molecule has 0 aliphatic carbocycles. The molecule has 28 heavy (non-hydrogen) atoms. The summed E-state index contributed by atoms with van der Waals surface area (Å²) in [5, 5.41) is 0.868. The highest BCUT2D eigenvalue weighted by Gasteiger charge is 2.26. The maximum absolute atomic E-state index is 12.9. The first-order valence-electron chi connectivity index (χ1n) is 9.03. The predicted molar refractivity (Wildman–Crippen MR) is 109 cm³/mol. The molecule has 0 radical (unpaired) electrons. The van der Waals surface area contributed by atoms with Crippen LogP contribution in [-0.4, -0.2) is 48.6 Å². The third-order valence-corrected chi connectivity index (χ3v) is 7.45. The second kappa shape index (κ2) is 8.48. The fourth-order valence-corrected chi connectivity index (χ4v) is 5.46. The lowest BCUT2D eigenvalue weighted by molar-refractivity contribution is 0.0730. The molecule has 3 aromatic rings. The van der Waals surface area contributed by atoms with Gasteiger partial charge in [-0.05, 0) is 29.8 Å². The number of thioether (sulfide) groups is 1. The maximum Gasteiger partial charge on any atom is 0.243 e. The SMILES string of the molecule is O=S(=O)(c1cccc(CSc2nccn2-c2ccccc2)c1)N1CCOCC1. The van der Waals surface area contributed by atoms with Gasteiger partial charge in [-0.25, -0.2) is 13.4 Å². The number of hydrogen-bond donors (Lipinski definition) is 0. The zero-order chi connectivity index (χ0) is 19.4. The Bertz CT molecular complexity index is 1030. The van der Waals surface area contributed by atoms with Crippen molar-refractivity contribution in [1.82, 2.24) is 13.9 Å². The molecule has 1 aromatic heterocycles. The van der Waals surface area contributed by atoms with E-state index >= 15 is 0 Å². The molecule has 1 aliphatic rings. The van der Waals surface area contributed by atoms with E-state index in [1.54, 1.807) is 36.2 Å². The van der Waals surface area contributed by atoms with E-state index in [2.05, 4.69) is 4.98 Å². The van der Waals surface area contributed by atoms with Gasteiger partial charge in [0.15, 0.2) is 5.16 Å². The molecular formula is C20H21N3O3S2. The second-order valence-corrected chi connectivity index (χ2v) is 9.25. The van der Waals surface area contributed by atoms with Crippen LogP contribution in [0.25, 0.3) is 5.69 Å². The summed E-state index contributed by atoms with van der Waals surface area (Å²) < 4.78 is 34.5. The van der Waals surface area contributed by atoms with Crippen molar-refractivity contribution >= 4 is 21.8 Å². The first-order valence-corrected chi connectivity index (χ1v) is 11.5. The van der Waals surface area contributed by atoms with Crippen LogP contribution in [0.5, 0.6) is 0 Å². The zero-order valence-corrected chi connectivity index (χ0v) is 16.9. The fourth-order valence-electron chi connectivity index (χ4n) is 3.06. The largest absolute Gasteiger partial charge is 0.379 e. The van der Waals surface area contributed by atoms with Crippen LogP contribution >= 0.6 is 11.8 Å². The van der Waals surface area contributed by atoms with Crippen molar-refractivity contribution in [3.05, 3.63) is 72.6 Å². The molecule has 146 valence electrons. The highest BCUT2D eigenvalue weighted by atomic mass is 32.2. The molecule has 1 aliphatic heterocycles. The Labute approximate surface area is 169 Å². The van der Waals surface area contributed by atoms with Gasteiger partial charge in [0.2, 0.25) is 10.0 Å². The summed E-state index contributed by atoms with van der Waals surface area (Å²) in [7, 11) is -3.48. The highest BCUT2D eigenvalue weighted by Crippen LogP contribution is 2.26. The fraction of sp³-hybridized carbons (Fsp3) is 0.250. The van der Waals surface area contributed by atoms with Crippen LogP contribution in [0.2, 0.25) is 0 Å². The van der Waals surface area contributed by atoms with E-state index in [1.165, 1.54) is 4.31 Å². The van der Waals surface area contributed by atoms with Crippen molar-refractivity contribution < 1.29 is 13.2 Å². The van der Waals surface area contributed by atoms with E-state index in [0.29, 0.717) is 37.0 Å². The van der Waals surface area contributed by atoms with E-state index in [9.17, 15) is 8.42 Å². The molecule has 2 heterocycles. The average Bonchev–Trinajstić information content (AvgIpc) is 3.22. The predicted octanol–water partition coefficient (Wildman–Crippen LogP) is 3.19. The zero-order valence-electron chi connectivity index (χ0n) is 15.3. The Morgan fingerprint density at radius 3 is 2.61 bits per heavy atom. The molecule has 6 nitrogen and oxygen atoms in total. The molecule has 1 fully saturated rings. The van der Waals surface area contributed by atoms with Gasteiger partial charge >= 0.3 is 0 Å². The van der Waals surface area contributed by atoms with Crippen LogP contribution in [0.15, 0.2) is 77.0 Å². The molecular weight excluding hydrogens is 394 g/mol. The third-order valence-electron chi connectivity index (χ3n) is 4.52. The summed E-state index contributed by atoms with van der Waals surface area (Å²) in [6.07, 6.45) is 3.70. The number of para-hydroxylation sites is 1. The van der Waals surface area contributed by atoms with E-state index in [4.69, 9.17) is 4.74 Å². The van der Waals surface area contributed by atoms with E-state index in [1.807, 2.05) is 47.2 Å². The van der Waals surface area contributed by atoms with Gasteiger partial charge in [0.25, 0.3) is 0 Å². The van der Waals surface area contributed by atoms with Crippen LogP contribution in [0, 0.1) is 0 Å². The third kappa shape index (κ3) is 4.15. The first kappa shape index (κ1) is 19.2. The lowest BCUT2D eigenvalue weighted by Crippen LogP contribution is -2.40. The van der Waals surface area contributed by atoms with Crippen LogP contribution in [0.4, 0.5) is 0 Å². The number of ether oxygens (including phenoxy) is 1. The number of rotatable bonds is 6. The number of sulfonamides is 1. The van der Waals surface area contributed by atoms with Crippen LogP contribution in [-0.2, 0) is 20.5 Å². The quantitative estimate of drug-likeness (QED) is 0.579. The van der Waals surface area contributed by atoms with Crippen molar-refractivity contribution in [2.24, 2.45) is 0 Å². The molecule has 0 atom stereocenters. The Morgan fingerprint density at radius 2 is 1.82 bits per heavy atom. The highest BCUT2D eigenvalue weighted by molar-refractivity contribution is 7.98. The number of imidazole rings is 1. The Kier molecular flexibility index (Phi) is 5.82. The molecule has 0 bridgehead atoms. The standard InChI is InChI=1S/C20H21N3O3S2/c24-28(25,22-11-13-26-14-12-22)19-8-4-5-17(15-19)16-27-20-21-9-10-23(20)18-6-2-1-3-7-18/h1-10,15H,11-14,16H2. The summed E-state index contributed by atoms with van der Waals surface area (Å²) in [5.41, 5.74) is 1.99. The van der Waals surface area contributed by atoms with Crippen molar-refractivity contribution in [1.29, 1.82) is 0 Å². The van der Waals surface area contributed by atoms with Crippen LogP contribution in [0.3, 0.4) is 0 Å². The van der Waals surface area contributed by atoms with Gasteiger partial charge in [-0.15, -0.1) is 0 Å². The number of benzene rings is 2. The molecule has 0 unspecified atom stereocenters. The minimum absolute atomic E-state index is 0.332. The van der Waals surface area contributed by atoms with E-state index in [-0.39, 0.29) is 0 Å². The van der Waals surface area contributed by atoms with Crippen molar-refractivity contribution in [3.8, 4) is 5.69 Å². The van der Waals surface area contributed by atoms with E-state index in [0.717, 1.165) is 16.4 Å². The summed E-state index contributed by atoms with van der Waals surface area (Å²) in [6.45, 7) is 1.68. The second-order valence-electron chi connectivity index (χ2n) is 6.37. The van der Waals surface area contributed by atoms with Crippen molar-refractivity contribution in [3.63, 3.8) is 0 Å². The minimum Gasteiger partial charge on any atom is -0.379 e. The van der Waals surface area contributed by atoms with Gasteiger partial charge in [0.05, 0.1) is 18.1 Å². The lowest BCUT2D eigenvalue weighted by atomic mass is 10.2. The Balaban J connectivity index is 1.50. The smallest absolute Gasteiger partial charge is 0.243 e. The van der Waals surface area contributed by atoms with Crippen molar-refractivity contribution in [2.45, 2.75) is 15.8 Å². The summed E-state index contributed by atoms with van der Waals surface area (Å²) in [4.78, 5) is 4.77. The monoisotopic (exact) mass is 415 g/mol. The molecule has 4 rings (SSSR count).